The minimum absolute atomic E-state index is 0.0472. The lowest BCUT2D eigenvalue weighted by molar-refractivity contribution is 0.194. The van der Waals surface area contributed by atoms with Crippen LogP contribution >= 0.6 is 0 Å². The normalized spacial score (nSPS) is 19.9. The fraction of sp³-hybridized carbons (Fsp3) is 0.462. The SMILES string of the molecule is O=c1cccnn1CC1CCCN1Cc1ccno1. The van der Waals surface area contributed by atoms with Gasteiger partial charge in [0.15, 0.2) is 5.76 Å². The van der Waals surface area contributed by atoms with Crippen LogP contribution < -0.4 is 5.56 Å². The maximum atomic E-state index is 11.7. The Balaban J connectivity index is 1.70. The van der Waals surface area contributed by atoms with Crippen LogP contribution in [0.2, 0.25) is 0 Å². The molecule has 19 heavy (non-hydrogen) atoms. The molecule has 6 heteroatoms. The van der Waals surface area contributed by atoms with E-state index in [2.05, 4.69) is 15.2 Å². The highest BCUT2D eigenvalue weighted by Gasteiger charge is 2.26. The van der Waals surface area contributed by atoms with Gasteiger partial charge in [0.25, 0.3) is 5.56 Å². The first-order chi connectivity index (χ1) is 9.33. The first-order valence-corrected chi connectivity index (χ1v) is 6.49. The molecule has 3 rings (SSSR count). The van der Waals surface area contributed by atoms with Crippen molar-refractivity contribution >= 4 is 0 Å². The molecule has 0 spiro atoms. The molecule has 1 aliphatic heterocycles. The molecule has 2 aromatic heterocycles. The van der Waals surface area contributed by atoms with Crippen LogP contribution in [0.3, 0.4) is 0 Å². The molecule has 0 saturated carbocycles. The van der Waals surface area contributed by atoms with E-state index in [0.717, 1.165) is 31.7 Å². The van der Waals surface area contributed by atoms with E-state index >= 15 is 0 Å². The van der Waals surface area contributed by atoms with E-state index in [1.54, 1.807) is 24.5 Å². The van der Waals surface area contributed by atoms with E-state index in [1.165, 1.54) is 4.68 Å². The van der Waals surface area contributed by atoms with Gasteiger partial charge in [0.2, 0.25) is 0 Å². The van der Waals surface area contributed by atoms with Gasteiger partial charge in [-0.15, -0.1) is 0 Å². The van der Waals surface area contributed by atoms with Crippen LogP contribution in [-0.2, 0) is 13.1 Å². The lowest BCUT2D eigenvalue weighted by Gasteiger charge is -2.23. The fourth-order valence-electron chi connectivity index (χ4n) is 2.56. The average Bonchev–Trinajstić information content (AvgIpc) is 3.06. The molecule has 6 nitrogen and oxygen atoms in total. The van der Waals surface area contributed by atoms with Crippen molar-refractivity contribution < 1.29 is 4.52 Å². The summed E-state index contributed by atoms with van der Waals surface area (Å²) in [5, 5.41) is 7.83. The van der Waals surface area contributed by atoms with Crippen LogP contribution in [0.5, 0.6) is 0 Å². The smallest absolute Gasteiger partial charge is 0.266 e. The molecule has 0 aromatic carbocycles. The molecule has 0 radical (unpaired) electrons. The third-order valence-electron chi connectivity index (χ3n) is 3.52. The van der Waals surface area contributed by atoms with Crippen molar-refractivity contribution in [3.05, 3.63) is 46.7 Å². The number of hydrogen-bond donors (Lipinski definition) is 0. The summed E-state index contributed by atoms with van der Waals surface area (Å²) in [6.45, 7) is 2.40. The van der Waals surface area contributed by atoms with Gasteiger partial charge in [0, 0.05) is 24.4 Å². The Morgan fingerprint density at radius 1 is 1.37 bits per heavy atom. The molecule has 100 valence electrons. The van der Waals surface area contributed by atoms with Crippen molar-refractivity contribution in [3.8, 4) is 0 Å². The van der Waals surface area contributed by atoms with Crippen molar-refractivity contribution in [2.24, 2.45) is 0 Å². The van der Waals surface area contributed by atoms with Gasteiger partial charge in [-0.05, 0) is 25.5 Å². The topological polar surface area (TPSA) is 64.2 Å². The second-order valence-corrected chi connectivity index (χ2v) is 4.79. The van der Waals surface area contributed by atoms with Crippen molar-refractivity contribution in [2.75, 3.05) is 6.54 Å². The van der Waals surface area contributed by atoms with Gasteiger partial charge in [-0.3, -0.25) is 9.69 Å². The number of nitrogens with zero attached hydrogens (tertiary/aromatic N) is 4. The maximum absolute atomic E-state index is 11.7. The maximum Gasteiger partial charge on any atom is 0.266 e. The number of hydrogen-bond acceptors (Lipinski definition) is 5. The Morgan fingerprint density at radius 3 is 3.11 bits per heavy atom. The third-order valence-corrected chi connectivity index (χ3v) is 3.52. The minimum atomic E-state index is -0.0472. The second-order valence-electron chi connectivity index (χ2n) is 4.79. The Morgan fingerprint density at radius 2 is 2.32 bits per heavy atom. The molecule has 3 heterocycles. The first-order valence-electron chi connectivity index (χ1n) is 6.49. The van der Waals surface area contributed by atoms with E-state index in [9.17, 15) is 4.79 Å². The fourth-order valence-corrected chi connectivity index (χ4v) is 2.56. The van der Waals surface area contributed by atoms with Crippen LogP contribution in [0.25, 0.3) is 0 Å². The zero-order chi connectivity index (χ0) is 13.1. The summed E-state index contributed by atoms with van der Waals surface area (Å²) in [7, 11) is 0. The molecular weight excluding hydrogens is 244 g/mol. The molecule has 1 fully saturated rings. The number of likely N-dealkylation sites (tertiary alicyclic amines) is 1. The third kappa shape index (κ3) is 2.73. The molecule has 0 aliphatic carbocycles. The van der Waals surface area contributed by atoms with E-state index in [-0.39, 0.29) is 5.56 Å². The summed E-state index contributed by atoms with van der Waals surface area (Å²) in [4.78, 5) is 14.0. The van der Waals surface area contributed by atoms with Crippen LogP contribution in [0.1, 0.15) is 18.6 Å². The average molecular weight is 260 g/mol. The van der Waals surface area contributed by atoms with E-state index in [1.807, 2.05) is 6.07 Å². The summed E-state index contributed by atoms with van der Waals surface area (Å²) in [5.41, 5.74) is -0.0472. The van der Waals surface area contributed by atoms with Crippen molar-refractivity contribution in [1.82, 2.24) is 19.8 Å². The van der Waals surface area contributed by atoms with E-state index < -0.39 is 0 Å². The van der Waals surface area contributed by atoms with Gasteiger partial charge in [-0.2, -0.15) is 5.10 Å². The molecular formula is C13H16N4O2. The van der Waals surface area contributed by atoms with E-state index in [4.69, 9.17) is 4.52 Å². The summed E-state index contributed by atoms with van der Waals surface area (Å²) in [6, 6.07) is 5.42. The van der Waals surface area contributed by atoms with Crippen LogP contribution in [0, 0.1) is 0 Å². The number of rotatable bonds is 4. The molecule has 0 bridgehead atoms. The summed E-state index contributed by atoms with van der Waals surface area (Å²) < 4.78 is 6.67. The lowest BCUT2D eigenvalue weighted by atomic mass is 10.2. The Hall–Kier alpha value is -1.95. The first kappa shape index (κ1) is 12.1. The lowest BCUT2D eigenvalue weighted by Crippen LogP contribution is -2.36. The monoisotopic (exact) mass is 260 g/mol. The Kier molecular flexibility index (Phi) is 3.41. The highest BCUT2D eigenvalue weighted by molar-refractivity contribution is 4.95. The Bertz CT molecular complexity index is 578. The predicted octanol–water partition coefficient (Wildman–Crippen LogP) is 0.896. The van der Waals surface area contributed by atoms with Gasteiger partial charge in [-0.1, -0.05) is 5.16 Å². The second kappa shape index (κ2) is 5.36. The largest absolute Gasteiger partial charge is 0.360 e. The molecule has 1 unspecified atom stereocenters. The van der Waals surface area contributed by atoms with Gasteiger partial charge in [0.1, 0.15) is 0 Å². The van der Waals surface area contributed by atoms with Crippen molar-refractivity contribution in [1.29, 1.82) is 0 Å². The highest BCUT2D eigenvalue weighted by atomic mass is 16.5. The molecule has 1 saturated heterocycles. The quantitative estimate of drug-likeness (QED) is 0.817. The summed E-state index contributed by atoms with van der Waals surface area (Å²) >= 11 is 0. The summed E-state index contributed by atoms with van der Waals surface area (Å²) in [6.07, 6.45) is 5.53. The van der Waals surface area contributed by atoms with Gasteiger partial charge in [-0.25, -0.2) is 4.68 Å². The zero-order valence-corrected chi connectivity index (χ0v) is 10.6. The predicted molar refractivity (Wildman–Crippen MR) is 68.4 cm³/mol. The van der Waals surface area contributed by atoms with Gasteiger partial charge in [0.05, 0.1) is 19.3 Å². The molecule has 0 amide bonds. The molecule has 1 atom stereocenters. The van der Waals surface area contributed by atoms with Crippen LogP contribution in [0.4, 0.5) is 0 Å². The van der Waals surface area contributed by atoms with E-state index in [0.29, 0.717) is 12.6 Å². The molecule has 0 N–H and O–H groups in total. The van der Waals surface area contributed by atoms with Crippen molar-refractivity contribution in [3.63, 3.8) is 0 Å². The number of aromatic nitrogens is 3. The summed E-state index contributed by atoms with van der Waals surface area (Å²) in [5.74, 6) is 0.861. The van der Waals surface area contributed by atoms with Gasteiger partial charge < -0.3 is 4.52 Å². The zero-order valence-electron chi connectivity index (χ0n) is 10.6. The highest BCUT2D eigenvalue weighted by Crippen LogP contribution is 2.20. The van der Waals surface area contributed by atoms with Gasteiger partial charge >= 0.3 is 0 Å². The minimum Gasteiger partial charge on any atom is -0.360 e. The standard InChI is InChI=1S/C13H16N4O2/c18-13-4-1-6-14-17(13)9-11-3-2-8-16(11)10-12-5-7-15-19-12/h1,4-7,11H,2-3,8-10H2. The van der Waals surface area contributed by atoms with Crippen molar-refractivity contribution in [2.45, 2.75) is 32.0 Å². The van der Waals surface area contributed by atoms with Crippen LogP contribution in [0.15, 0.2) is 39.9 Å². The van der Waals surface area contributed by atoms with Crippen LogP contribution in [-0.4, -0.2) is 32.4 Å². The molecule has 1 aliphatic rings. The molecule has 2 aromatic rings. The Labute approximate surface area is 110 Å².